The van der Waals surface area contributed by atoms with Gasteiger partial charge in [-0.25, -0.2) is 0 Å². The van der Waals surface area contributed by atoms with Gasteiger partial charge < -0.3 is 9.72 Å². The van der Waals surface area contributed by atoms with Gasteiger partial charge in [-0.15, -0.1) is 0 Å². The van der Waals surface area contributed by atoms with Crippen molar-refractivity contribution >= 4 is 33.3 Å². The number of carbonyl (C=O) groups excluding carboxylic acids is 2. The fraction of sp³-hybridized carbons (Fsp3) is 0.182. The molecule has 1 aromatic carbocycles. The van der Waals surface area contributed by atoms with Crippen molar-refractivity contribution in [2.45, 2.75) is 6.42 Å². The number of hydrogen-bond acceptors (Lipinski definition) is 5. The molecule has 0 atom stereocenters. The van der Waals surface area contributed by atoms with E-state index in [0.717, 1.165) is 11.3 Å². The zero-order chi connectivity index (χ0) is 12.4. The third kappa shape index (κ3) is 2.42. The summed E-state index contributed by atoms with van der Waals surface area (Å²) in [7, 11) is 1.23. The standard InChI is InChI=1S/C11H9NO4S/c1-16-10(14)5-8(13)6-2-3-7-9(4-6)17-11(15)12-7/h2-4H,5H2,1H3,(H,12,15). The van der Waals surface area contributed by atoms with Gasteiger partial charge in [0.05, 0.1) is 17.3 Å². The molecule has 0 aliphatic carbocycles. The Labute approximate surface area is 100 Å². The van der Waals surface area contributed by atoms with Gasteiger partial charge >= 0.3 is 10.8 Å². The molecule has 2 rings (SSSR count). The van der Waals surface area contributed by atoms with Gasteiger partial charge in [0.15, 0.2) is 5.78 Å². The SMILES string of the molecule is COC(=O)CC(=O)c1ccc2[nH]c(=O)sc2c1. The van der Waals surface area contributed by atoms with Crippen LogP contribution in [0.1, 0.15) is 16.8 Å². The predicted molar refractivity (Wildman–Crippen MR) is 63.4 cm³/mol. The third-order valence-electron chi connectivity index (χ3n) is 2.28. The molecular formula is C11H9NO4S. The van der Waals surface area contributed by atoms with Crippen LogP contribution in [0.4, 0.5) is 0 Å². The predicted octanol–water partition coefficient (Wildman–Crippen LogP) is 1.34. The monoisotopic (exact) mass is 251 g/mol. The summed E-state index contributed by atoms with van der Waals surface area (Å²) in [6.45, 7) is 0. The highest BCUT2D eigenvalue weighted by Crippen LogP contribution is 2.17. The Morgan fingerprint density at radius 1 is 1.41 bits per heavy atom. The lowest BCUT2D eigenvalue weighted by Gasteiger charge is -1.99. The number of methoxy groups -OCH3 is 1. The first-order valence-corrected chi connectivity index (χ1v) is 5.64. The highest BCUT2D eigenvalue weighted by Gasteiger charge is 2.13. The van der Waals surface area contributed by atoms with E-state index in [0.29, 0.717) is 15.8 Å². The summed E-state index contributed by atoms with van der Waals surface area (Å²) in [5.41, 5.74) is 1.09. The number of ketones is 1. The molecule has 0 bridgehead atoms. The van der Waals surface area contributed by atoms with Gasteiger partial charge in [0.2, 0.25) is 0 Å². The number of esters is 1. The fourth-order valence-electron chi connectivity index (χ4n) is 1.42. The number of nitrogens with one attached hydrogen (secondary N) is 1. The van der Waals surface area contributed by atoms with Crippen molar-refractivity contribution in [3.05, 3.63) is 33.4 Å². The van der Waals surface area contributed by atoms with Crippen molar-refractivity contribution in [3.8, 4) is 0 Å². The number of fused-ring (bicyclic) bond motifs is 1. The second kappa shape index (κ2) is 4.50. The number of hydrogen-bond donors (Lipinski definition) is 1. The summed E-state index contributed by atoms with van der Waals surface area (Å²) in [6.07, 6.45) is -0.290. The van der Waals surface area contributed by atoms with E-state index in [1.54, 1.807) is 18.2 Å². The maximum absolute atomic E-state index is 11.7. The molecule has 0 aliphatic heterocycles. The number of aromatic nitrogens is 1. The Morgan fingerprint density at radius 2 is 2.18 bits per heavy atom. The van der Waals surface area contributed by atoms with Crippen molar-refractivity contribution in [1.29, 1.82) is 0 Å². The number of benzene rings is 1. The first-order valence-electron chi connectivity index (χ1n) is 4.83. The van der Waals surface area contributed by atoms with E-state index in [9.17, 15) is 14.4 Å². The average Bonchev–Trinajstić information content (AvgIpc) is 2.67. The molecule has 0 amide bonds. The molecule has 0 saturated carbocycles. The zero-order valence-corrected chi connectivity index (χ0v) is 9.80. The van der Waals surface area contributed by atoms with Gasteiger partial charge in [-0.2, -0.15) is 0 Å². The second-order valence-electron chi connectivity index (χ2n) is 3.40. The van der Waals surface area contributed by atoms with Gasteiger partial charge in [0, 0.05) is 5.56 Å². The first-order chi connectivity index (χ1) is 8.10. The summed E-state index contributed by atoms with van der Waals surface area (Å²) < 4.78 is 5.12. The number of H-pyrrole nitrogens is 1. The summed E-state index contributed by atoms with van der Waals surface area (Å²) in [6, 6.07) is 4.83. The zero-order valence-electron chi connectivity index (χ0n) is 8.98. The van der Waals surface area contributed by atoms with Crippen LogP contribution < -0.4 is 4.87 Å². The number of aromatic amines is 1. The fourth-order valence-corrected chi connectivity index (χ4v) is 2.20. The molecule has 0 aliphatic rings. The molecule has 0 radical (unpaired) electrons. The molecule has 1 N–H and O–H groups in total. The molecule has 0 unspecified atom stereocenters. The quantitative estimate of drug-likeness (QED) is 0.507. The van der Waals surface area contributed by atoms with E-state index < -0.39 is 5.97 Å². The Morgan fingerprint density at radius 3 is 2.88 bits per heavy atom. The van der Waals surface area contributed by atoms with Gasteiger partial charge in [-0.3, -0.25) is 14.4 Å². The largest absolute Gasteiger partial charge is 0.469 e. The molecule has 88 valence electrons. The summed E-state index contributed by atoms with van der Waals surface area (Å²) in [5, 5.41) is 0. The normalized spacial score (nSPS) is 10.4. The molecule has 1 aromatic heterocycles. The number of Topliss-reactive ketones (excluding diaryl/α,β-unsaturated/α-hetero) is 1. The lowest BCUT2D eigenvalue weighted by atomic mass is 10.1. The van der Waals surface area contributed by atoms with E-state index in [1.807, 2.05) is 0 Å². The van der Waals surface area contributed by atoms with Crippen molar-refractivity contribution in [3.63, 3.8) is 0 Å². The number of carbonyl (C=O) groups is 2. The van der Waals surface area contributed by atoms with Crippen molar-refractivity contribution in [2.75, 3.05) is 7.11 Å². The highest BCUT2D eigenvalue weighted by molar-refractivity contribution is 7.16. The molecule has 6 heteroatoms. The van der Waals surface area contributed by atoms with Gasteiger partial charge in [0.1, 0.15) is 6.42 Å². The van der Waals surface area contributed by atoms with Gasteiger partial charge in [-0.05, 0) is 18.2 Å². The Balaban J connectivity index is 2.32. The van der Waals surface area contributed by atoms with Crippen LogP contribution in [0.5, 0.6) is 0 Å². The molecule has 0 saturated heterocycles. The van der Waals surface area contributed by atoms with Crippen molar-refractivity contribution in [2.24, 2.45) is 0 Å². The van der Waals surface area contributed by atoms with Crippen molar-refractivity contribution < 1.29 is 14.3 Å². The minimum absolute atomic E-state index is 0.169. The van der Waals surface area contributed by atoms with Gasteiger partial charge in [0.25, 0.3) is 0 Å². The number of rotatable bonds is 3. The van der Waals surface area contributed by atoms with E-state index in [2.05, 4.69) is 9.72 Å². The van der Waals surface area contributed by atoms with E-state index in [1.165, 1.54) is 7.11 Å². The molecule has 2 aromatic rings. The molecule has 1 heterocycles. The van der Waals surface area contributed by atoms with Crippen LogP contribution >= 0.6 is 11.3 Å². The van der Waals surface area contributed by atoms with E-state index in [-0.39, 0.29) is 17.1 Å². The number of ether oxygens (including phenoxy) is 1. The smallest absolute Gasteiger partial charge is 0.313 e. The second-order valence-corrected chi connectivity index (χ2v) is 4.42. The summed E-state index contributed by atoms with van der Waals surface area (Å²) in [5.74, 6) is -0.892. The average molecular weight is 251 g/mol. The van der Waals surface area contributed by atoms with E-state index in [4.69, 9.17) is 0 Å². The summed E-state index contributed by atoms with van der Waals surface area (Å²) >= 11 is 1.03. The minimum Gasteiger partial charge on any atom is -0.469 e. The van der Waals surface area contributed by atoms with Crippen LogP contribution in [0.15, 0.2) is 23.0 Å². The maximum Gasteiger partial charge on any atom is 0.313 e. The Hall–Kier alpha value is -1.95. The van der Waals surface area contributed by atoms with Crippen molar-refractivity contribution in [1.82, 2.24) is 4.98 Å². The lowest BCUT2D eigenvalue weighted by Crippen LogP contribution is -2.09. The van der Waals surface area contributed by atoms with Crippen LogP contribution in [0, 0.1) is 0 Å². The molecule has 17 heavy (non-hydrogen) atoms. The first kappa shape index (κ1) is 11.5. The van der Waals surface area contributed by atoms with Gasteiger partial charge in [-0.1, -0.05) is 11.3 Å². The molecule has 0 spiro atoms. The molecule has 5 nitrogen and oxygen atoms in total. The minimum atomic E-state index is -0.572. The Bertz CT molecular complexity index is 640. The Kier molecular flexibility index (Phi) is 3.06. The van der Waals surface area contributed by atoms with Crippen LogP contribution in [0.3, 0.4) is 0 Å². The van der Waals surface area contributed by atoms with Crippen LogP contribution in [0.25, 0.3) is 10.2 Å². The highest BCUT2D eigenvalue weighted by atomic mass is 32.1. The number of thiazole rings is 1. The third-order valence-corrected chi connectivity index (χ3v) is 3.12. The van der Waals surface area contributed by atoms with Crippen LogP contribution in [-0.2, 0) is 9.53 Å². The van der Waals surface area contributed by atoms with E-state index >= 15 is 0 Å². The molecule has 0 fully saturated rings. The topological polar surface area (TPSA) is 76.2 Å². The molecular weight excluding hydrogens is 242 g/mol. The van der Waals surface area contributed by atoms with Crippen LogP contribution in [-0.4, -0.2) is 23.8 Å². The maximum atomic E-state index is 11.7. The lowest BCUT2D eigenvalue weighted by molar-refractivity contribution is -0.139. The summed E-state index contributed by atoms with van der Waals surface area (Å²) in [4.78, 5) is 36.2. The van der Waals surface area contributed by atoms with Crippen LogP contribution in [0.2, 0.25) is 0 Å².